The molecule has 0 saturated heterocycles. The molecule has 0 radical (unpaired) electrons. The number of carboxylic acids is 1. The van der Waals surface area contributed by atoms with Crippen LogP contribution in [0.5, 0.6) is 0 Å². The van der Waals surface area contributed by atoms with Gasteiger partial charge in [-0.05, 0) is 6.42 Å². The molecule has 38 valence electrons. The van der Waals surface area contributed by atoms with Gasteiger partial charge >= 0.3 is 29.6 Å². The normalized spacial score (nSPS) is 6.38. The first-order chi connectivity index (χ1) is 3.27. The van der Waals surface area contributed by atoms with E-state index in [-0.39, 0.29) is 42.4 Å². The minimum absolute atomic E-state index is 0. The first kappa shape index (κ1) is 10.9. The summed E-state index contributed by atoms with van der Waals surface area (Å²) in [6.07, 6.45) is 4.97. The predicted molar refractivity (Wildman–Crippen MR) is 23.1 cm³/mol. The van der Waals surface area contributed by atoms with Crippen molar-refractivity contribution in [2.45, 2.75) is 12.8 Å². The molecule has 2 nitrogen and oxygen atoms in total. The van der Waals surface area contributed by atoms with Crippen molar-refractivity contribution in [2.75, 3.05) is 0 Å². The summed E-state index contributed by atoms with van der Waals surface area (Å²) in [5, 5.41) is 9.55. The Labute approximate surface area is 70.6 Å². The van der Waals surface area contributed by atoms with Crippen LogP contribution in [0.25, 0.3) is 0 Å². The van der Waals surface area contributed by atoms with Crippen molar-refractivity contribution < 1.29 is 39.5 Å². The molecule has 0 spiro atoms. The third kappa shape index (κ3) is 9.39. The molecule has 0 heterocycles. The summed E-state index contributed by atoms with van der Waals surface area (Å²) < 4.78 is 0. The molecular formula is C5H5NaO2. The number of hydrogen-bond acceptors (Lipinski definition) is 2. The van der Waals surface area contributed by atoms with E-state index < -0.39 is 5.97 Å². The van der Waals surface area contributed by atoms with Gasteiger partial charge in [0, 0.05) is 12.4 Å². The van der Waals surface area contributed by atoms with Gasteiger partial charge in [0.2, 0.25) is 0 Å². The maximum absolute atomic E-state index is 9.55. The van der Waals surface area contributed by atoms with Crippen molar-refractivity contribution in [2.24, 2.45) is 0 Å². The number of carbonyl (C=O) groups excluding carboxylic acids is 1. The molecule has 3 heteroatoms. The Morgan fingerprint density at radius 1 is 1.75 bits per heavy atom. The average Bonchev–Trinajstić information content (AvgIpc) is 1.61. The predicted octanol–water partition coefficient (Wildman–Crippen LogP) is -3.85. The fourth-order valence-electron chi connectivity index (χ4n) is 0.174. The van der Waals surface area contributed by atoms with Gasteiger partial charge in [-0.1, -0.05) is 0 Å². The van der Waals surface area contributed by atoms with Gasteiger partial charge in [0.25, 0.3) is 0 Å². The molecule has 0 fully saturated rings. The number of rotatable bonds is 2. The van der Waals surface area contributed by atoms with E-state index in [1.54, 1.807) is 0 Å². The zero-order valence-corrected chi connectivity index (χ0v) is 6.81. The molecule has 0 aromatic heterocycles. The van der Waals surface area contributed by atoms with Gasteiger partial charge in [0.05, 0.1) is 0 Å². The Morgan fingerprint density at radius 3 is 2.38 bits per heavy atom. The minimum atomic E-state index is -1.09. The monoisotopic (exact) mass is 120 g/mol. The molecule has 0 N–H and O–H groups in total. The van der Waals surface area contributed by atoms with Crippen molar-refractivity contribution in [3.05, 3.63) is 0 Å². The second-order valence-electron chi connectivity index (χ2n) is 1.08. The van der Waals surface area contributed by atoms with E-state index in [0.29, 0.717) is 0 Å². The Morgan fingerprint density at radius 2 is 2.25 bits per heavy atom. The van der Waals surface area contributed by atoms with Gasteiger partial charge in [-0.2, -0.15) is 0 Å². The van der Waals surface area contributed by atoms with Crippen LogP contribution in [0.15, 0.2) is 0 Å². The van der Waals surface area contributed by atoms with E-state index in [0.717, 1.165) is 0 Å². The third-order valence-corrected chi connectivity index (χ3v) is 0.473. The molecule has 0 aromatic rings. The molecular weight excluding hydrogens is 115 g/mol. The van der Waals surface area contributed by atoms with Crippen LogP contribution in [0.2, 0.25) is 0 Å². The first-order valence-corrected chi connectivity index (χ1v) is 1.90. The van der Waals surface area contributed by atoms with Gasteiger partial charge in [-0.25, -0.2) is 0 Å². The molecule has 0 aromatic carbocycles. The molecule has 8 heavy (non-hydrogen) atoms. The summed E-state index contributed by atoms with van der Waals surface area (Å²) in [7, 11) is 0. The summed E-state index contributed by atoms with van der Waals surface area (Å²) in [5.74, 6) is 1.09. The van der Waals surface area contributed by atoms with Crippen LogP contribution in [0.4, 0.5) is 0 Å². The molecule has 0 rings (SSSR count). The summed E-state index contributed by atoms with van der Waals surface area (Å²) in [4.78, 5) is 9.55. The smallest absolute Gasteiger partial charge is 0.550 e. The molecule has 0 aliphatic rings. The second kappa shape index (κ2) is 7.03. The summed E-state index contributed by atoms with van der Waals surface area (Å²) in [6, 6.07) is 0. The molecule has 0 atom stereocenters. The van der Waals surface area contributed by atoms with Gasteiger partial charge in [-0.15, -0.1) is 12.3 Å². The van der Waals surface area contributed by atoms with Crippen LogP contribution in [-0.2, 0) is 4.79 Å². The maximum Gasteiger partial charge on any atom is 1.00 e. The van der Waals surface area contributed by atoms with Crippen LogP contribution in [-0.4, -0.2) is 5.97 Å². The van der Waals surface area contributed by atoms with E-state index in [9.17, 15) is 9.90 Å². The fourth-order valence-corrected chi connectivity index (χ4v) is 0.174. The van der Waals surface area contributed by atoms with E-state index in [1.165, 1.54) is 0 Å². The Kier molecular flexibility index (Phi) is 9.59. The summed E-state index contributed by atoms with van der Waals surface area (Å²) in [5.41, 5.74) is 0. The van der Waals surface area contributed by atoms with Crippen LogP contribution >= 0.6 is 0 Å². The maximum atomic E-state index is 9.55. The standard InChI is InChI=1S/C5H6O2.Na/c1-2-3-4-5(6)7;/h1H,3-4H2,(H,6,7);/q;+1/p-1. The second-order valence-corrected chi connectivity index (χ2v) is 1.08. The van der Waals surface area contributed by atoms with Gasteiger partial charge < -0.3 is 9.90 Å². The number of carbonyl (C=O) groups is 1. The van der Waals surface area contributed by atoms with E-state index in [1.807, 2.05) is 0 Å². The van der Waals surface area contributed by atoms with Crippen LogP contribution < -0.4 is 34.7 Å². The summed E-state index contributed by atoms with van der Waals surface area (Å²) >= 11 is 0. The number of aliphatic carboxylic acids is 1. The molecule has 0 aliphatic carbocycles. The average molecular weight is 120 g/mol. The molecule has 0 saturated carbocycles. The Bertz CT molecular complexity index is 103. The first-order valence-electron chi connectivity index (χ1n) is 1.90. The van der Waals surface area contributed by atoms with Crippen LogP contribution in [0.1, 0.15) is 12.8 Å². The largest absolute Gasteiger partial charge is 1.00 e. The van der Waals surface area contributed by atoms with Crippen molar-refractivity contribution in [1.82, 2.24) is 0 Å². The minimum Gasteiger partial charge on any atom is -0.550 e. The zero-order valence-electron chi connectivity index (χ0n) is 4.81. The fraction of sp³-hybridized carbons (Fsp3) is 0.400. The third-order valence-electron chi connectivity index (χ3n) is 0.473. The van der Waals surface area contributed by atoms with Gasteiger partial charge in [0.1, 0.15) is 0 Å². The summed E-state index contributed by atoms with van der Waals surface area (Å²) in [6.45, 7) is 0. The van der Waals surface area contributed by atoms with Gasteiger partial charge in [0.15, 0.2) is 0 Å². The van der Waals surface area contributed by atoms with Gasteiger partial charge in [-0.3, -0.25) is 0 Å². The van der Waals surface area contributed by atoms with Crippen molar-refractivity contribution in [3.8, 4) is 12.3 Å². The van der Waals surface area contributed by atoms with Crippen molar-refractivity contribution in [3.63, 3.8) is 0 Å². The zero-order chi connectivity index (χ0) is 5.70. The number of terminal acetylenes is 1. The SMILES string of the molecule is C#CCCC(=O)[O-].[Na+]. The van der Waals surface area contributed by atoms with Crippen molar-refractivity contribution in [1.29, 1.82) is 0 Å². The number of carboxylic acid groups (broad SMARTS) is 1. The van der Waals surface area contributed by atoms with E-state index in [4.69, 9.17) is 6.42 Å². The Hall–Kier alpha value is 0.0300. The molecule has 0 unspecified atom stereocenters. The molecule has 0 amide bonds. The Balaban J connectivity index is 0. The van der Waals surface area contributed by atoms with Crippen LogP contribution in [0.3, 0.4) is 0 Å². The number of hydrogen-bond donors (Lipinski definition) is 0. The topological polar surface area (TPSA) is 40.1 Å². The van der Waals surface area contributed by atoms with Crippen LogP contribution in [0, 0.1) is 12.3 Å². The molecule has 0 aliphatic heterocycles. The van der Waals surface area contributed by atoms with E-state index in [2.05, 4.69) is 5.92 Å². The van der Waals surface area contributed by atoms with E-state index >= 15 is 0 Å². The molecule has 0 bridgehead atoms. The quantitative estimate of drug-likeness (QED) is 0.276. The van der Waals surface area contributed by atoms with Crippen molar-refractivity contribution >= 4 is 5.97 Å².